The fourth-order valence-electron chi connectivity index (χ4n) is 1.96. The molecule has 2 aromatic carbocycles. The first-order chi connectivity index (χ1) is 10.6. The molecule has 0 saturated carbocycles. The second-order valence-corrected chi connectivity index (χ2v) is 5.15. The van der Waals surface area contributed by atoms with Crippen molar-refractivity contribution in [2.24, 2.45) is 5.73 Å². The Hall–Kier alpha value is -2.73. The summed E-state index contributed by atoms with van der Waals surface area (Å²) in [4.78, 5) is 12.5. The van der Waals surface area contributed by atoms with E-state index in [2.05, 4.69) is 15.4 Å². The van der Waals surface area contributed by atoms with Gasteiger partial charge < -0.3 is 5.73 Å². The number of carbonyl (C=O) groups excluding carboxylic acids is 1. The number of amides is 1. The number of nitrogens with zero attached hydrogens (tertiary/aromatic N) is 4. The molecule has 0 spiro atoms. The molecule has 0 aliphatic heterocycles. The van der Waals surface area contributed by atoms with E-state index in [-0.39, 0.29) is 0 Å². The molecule has 1 amide bonds. The van der Waals surface area contributed by atoms with Crippen LogP contribution in [0.3, 0.4) is 0 Å². The maximum atomic E-state index is 11.0. The van der Waals surface area contributed by atoms with Crippen LogP contribution in [-0.2, 0) is 6.54 Å². The number of nitrogens with two attached hydrogens (primary N) is 1. The molecule has 3 aromatic rings. The zero-order chi connectivity index (χ0) is 15.5. The van der Waals surface area contributed by atoms with E-state index < -0.39 is 5.91 Å². The molecule has 0 saturated heterocycles. The minimum absolute atomic E-state index is 0.449. The summed E-state index contributed by atoms with van der Waals surface area (Å²) in [5.74, 6) is 0.0841. The summed E-state index contributed by atoms with van der Waals surface area (Å²) in [7, 11) is 0. The van der Waals surface area contributed by atoms with Crippen molar-refractivity contribution in [1.29, 1.82) is 0 Å². The zero-order valence-electron chi connectivity index (χ0n) is 11.5. The minimum atomic E-state index is -0.449. The number of hydrogen-bond donors (Lipinski definition) is 1. The number of benzene rings is 2. The number of halogens is 1. The van der Waals surface area contributed by atoms with Crippen LogP contribution in [0.1, 0.15) is 15.9 Å². The Labute approximate surface area is 131 Å². The average molecular weight is 314 g/mol. The first-order valence-electron chi connectivity index (χ1n) is 6.54. The molecule has 0 radical (unpaired) electrons. The third-order valence-corrected chi connectivity index (χ3v) is 3.37. The van der Waals surface area contributed by atoms with Gasteiger partial charge in [0.1, 0.15) is 0 Å². The maximum Gasteiger partial charge on any atom is 0.248 e. The van der Waals surface area contributed by atoms with Gasteiger partial charge in [0.2, 0.25) is 11.7 Å². The Morgan fingerprint density at radius 1 is 1.09 bits per heavy atom. The molecule has 0 bridgehead atoms. The van der Waals surface area contributed by atoms with Gasteiger partial charge in [0.25, 0.3) is 0 Å². The molecular weight excluding hydrogens is 302 g/mol. The Kier molecular flexibility index (Phi) is 3.84. The van der Waals surface area contributed by atoms with Crippen LogP contribution in [0, 0.1) is 0 Å². The lowest BCUT2D eigenvalue weighted by atomic mass is 10.1. The topological polar surface area (TPSA) is 86.7 Å². The lowest BCUT2D eigenvalue weighted by molar-refractivity contribution is 0.100. The minimum Gasteiger partial charge on any atom is -0.366 e. The third kappa shape index (κ3) is 3.12. The van der Waals surface area contributed by atoms with Gasteiger partial charge in [0.05, 0.1) is 6.54 Å². The fourth-order valence-corrected chi connectivity index (χ4v) is 2.09. The molecule has 0 unspecified atom stereocenters. The Balaban J connectivity index is 1.76. The summed E-state index contributed by atoms with van der Waals surface area (Å²) in [6.45, 7) is 0.458. The molecule has 1 aromatic heterocycles. The summed E-state index contributed by atoms with van der Waals surface area (Å²) in [5, 5.41) is 13.0. The number of hydrogen-bond acceptors (Lipinski definition) is 4. The normalized spacial score (nSPS) is 10.6. The van der Waals surface area contributed by atoms with Crippen molar-refractivity contribution in [3.05, 3.63) is 64.7 Å². The van der Waals surface area contributed by atoms with Gasteiger partial charge in [-0.3, -0.25) is 4.79 Å². The van der Waals surface area contributed by atoms with Crippen LogP contribution in [0.15, 0.2) is 48.5 Å². The van der Waals surface area contributed by atoms with E-state index in [4.69, 9.17) is 17.3 Å². The molecule has 0 atom stereocenters. The quantitative estimate of drug-likeness (QED) is 0.799. The highest BCUT2D eigenvalue weighted by Gasteiger charge is 2.07. The van der Waals surface area contributed by atoms with E-state index >= 15 is 0 Å². The van der Waals surface area contributed by atoms with Crippen LogP contribution in [0.4, 0.5) is 0 Å². The van der Waals surface area contributed by atoms with E-state index in [1.165, 1.54) is 4.80 Å². The summed E-state index contributed by atoms with van der Waals surface area (Å²) >= 11 is 5.85. The molecule has 7 heteroatoms. The maximum absolute atomic E-state index is 11.0. The second kappa shape index (κ2) is 5.95. The number of tetrazole rings is 1. The van der Waals surface area contributed by atoms with Gasteiger partial charge >= 0.3 is 0 Å². The standard InChI is InChI=1S/C15H12ClN5O/c16-13-7-5-12(6-8-13)15-18-20-21(19-15)9-10-1-3-11(4-2-10)14(17)22/h1-8H,9H2,(H2,17,22). The first-order valence-corrected chi connectivity index (χ1v) is 6.92. The molecule has 110 valence electrons. The van der Waals surface area contributed by atoms with Crippen molar-refractivity contribution in [3.63, 3.8) is 0 Å². The van der Waals surface area contributed by atoms with Gasteiger partial charge in [-0.1, -0.05) is 23.7 Å². The van der Waals surface area contributed by atoms with Crippen LogP contribution in [-0.4, -0.2) is 26.1 Å². The summed E-state index contributed by atoms with van der Waals surface area (Å²) in [6, 6.07) is 14.2. The average Bonchev–Trinajstić information content (AvgIpc) is 2.97. The third-order valence-electron chi connectivity index (χ3n) is 3.12. The summed E-state index contributed by atoms with van der Waals surface area (Å²) in [6.07, 6.45) is 0. The van der Waals surface area contributed by atoms with Gasteiger partial charge in [-0.05, 0) is 47.2 Å². The molecule has 0 aliphatic rings. The van der Waals surface area contributed by atoms with Gasteiger partial charge in [-0.15, -0.1) is 10.2 Å². The highest BCUT2D eigenvalue weighted by atomic mass is 35.5. The van der Waals surface area contributed by atoms with Gasteiger partial charge in [-0.25, -0.2) is 0 Å². The van der Waals surface area contributed by atoms with Crippen LogP contribution in [0.5, 0.6) is 0 Å². The van der Waals surface area contributed by atoms with Crippen LogP contribution < -0.4 is 5.73 Å². The SMILES string of the molecule is NC(=O)c1ccc(Cn2nnc(-c3ccc(Cl)cc3)n2)cc1. The number of rotatable bonds is 4. The fraction of sp³-hybridized carbons (Fsp3) is 0.0667. The van der Waals surface area contributed by atoms with E-state index in [1.54, 1.807) is 24.3 Å². The van der Waals surface area contributed by atoms with Crippen molar-refractivity contribution in [3.8, 4) is 11.4 Å². The van der Waals surface area contributed by atoms with E-state index in [0.717, 1.165) is 11.1 Å². The first kappa shape index (κ1) is 14.2. The number of aromatic nitrogens is 4. The smallest absolute Gasteiger partial charge is 0.248 e. The molecule has 22 heavy (non-hydrogen) atoms. The highest BCUT2D eigenvalue weighted by Crippen LogP contribution is 2.17. The summed E-state index contributed by atoms with van der Waals surface area (Å²) < 4.78 is 0. The highest BCUT2D eigenvalue weighted by molar-refractivity contribution is 6.30. The Bertz CT molecular complexity index is 796. The van der Waals surface area contributed by atoms with Crippen LogP contribution in [0.25, 0.3) is 11.4 Å². The molecule has 3 rings (SSSR count). The van der Waals surface area contributed by atoms with E-state index in [1.807, 2.05) is 24.3 Å². The molecule has 2 N–H and O–H groups in total. The Morgan fingerprint density at radius 3 is 2.41 bits per heavy atom. The van der Waals surface area contributed by atoms with Crippen LogP contribution in [0.2, 0.25) is 5.02 Å². The van der Waals surface area contributed by atoms with E-state index in [9.17, 15) is 4.79 Å². The predicted octanol–water partition coefficient (Wildman–Crippen LogP) is 2.14. The van der Waals surface area contributed by atoms with Gasteiger partial charge in [0, 0.05) is 16.1 Å². The molecular formula is C15H12ClN5O. The predicted molar refractivity (Wildman–Crippen MR) is 82.3 cm³/mol. The molecule has 0 fully saturated rings. The second-order valence-electron chi connectivity index (χ2n) is 4.71. The lowest BCUT2D eigenvalue weighted by Crippen LogP contribution is -2.11. The van der Waals surface area contributed by atoms with Gasteiger partial charge in [-0.2, -0.15) is 4.80 Å². The largest absolute Gasteiger partial charge is 0.366 e. The lowest BCUT2D eigenvalue weighted by Gasteiger charge is -2.01. The number of primary amides is 1. The van der Waals surface area contributed by atoms with Crippen molar-refractivity contribution in [1.82, 2.24) is 20.2 Å². The molecule has 0 aliphatic carbocycles. The van der Waals surface area contributed by atoms with Gasteiger partial charge in [0.15, 0.2) is 0 Å². The number of carbonyl (C=O) groups is 1. The van der Waals surface area contributed by atoms with Crippen molar-refractivity contribution in [2.75, 3.05) is 0 Å². The Morgan fingerprint density at radius 2 is 1.77 bits per heavy atom. The van der Waals surface area contributed by atoms with Crippen molar-refractivity contribution in [2.45, 2.75) is 6.54 Å². The molecule has 1 heterocycles. The van der Waals surface area contributed by atoms with Crippen molar-refractivity contribution < 1.29 is 4.79 Å². The molecule has 6 nitrogen and oxygen atoms in total. The van der Waals surface area contributed by atoms with Crippen LogP contribution >= 0.6 is 11.6 Å². The monoisotopic (exact) mass is 313 g/mol. The van der Waals surface area contributed by atoms with E-state index in [0.29, 0.717) is 23.0 Å². The van der Waals surface area contributed by atoms with Crippen molar-refractivity contribution >= 4 is 17.5 Å². The zero-order valence-corrected chi connectivity index (χ0v) is 12.2. The summed E-state index contributed by atoms with van der Waals surface area (Å²) in [5.41, 5.74) is 7.47.